The van der Waals surface area contributed by atoms with Crippen molar-refractivity contribution < 1.29 is 0 Å². The summed E-state index contributed by atoms with van der Waals surface area (Å²) in [6.07, 6.45) is 2.34. The number of hydrogen-bond donors (Lipinski definition) is 2. The molecule has 154 valence electrons. The Bertz CT molecular complexity index is 816. The van der Waals surface area contributed by atoms with Crippen molar-refractivity contribution in [2.75, 3.05) is 19.6 Å². The van der Waals surface area contributed by atoms with Crippen LogP contribution in [0.3, 0.4) is 0 Å². The Morgan fingerprint density at radius 3 is 2.72 bits per heavy atom. The van der Waals surface area contributed by atoms with Crippen LogP contribution < -0.4 is 10.6 Å². The SMILES string of the molecule is CCNC(=NCc1cccc(C#N)c1)NC1CCCN(Cc2ccccc2)C1.I. The standard InChI is InChI=1S/C23H29N5.HI/c1-2-25-23(26-16-21-11-6-10-20(14-21)15-24)27-22-12-7-13-28(18-22)17-19-8-4-3-5-9-19;/h3-6,8-11,14,22H,2,7,12-13,16-18H2,1H3,(H2,25,26,27);1H. The normalized spacial score (nSPS) is 17.1. The van der Waals surface area contributed by atoms with Crippen LogP contribution in [-0.4, -0.2) is 36.5 Å². The molecule has 5 nitrogen and oxygen atoms in total. The molecule has 0 aromatic heterocycles. The maximum Gasteiger partial charge on any atom is 0.191 e. The molecule has 2 aromatic carbocycles. The lowest BCUT2D eigenvalue weighted by molar-refractivity contribution is 0.192. The van der Waals surface area contributed by atoms with E-state index in [-0.39, 0.29) is 24.0 Å². The third-order valence-corrected chi connectivity index (χ3v) is 4.92. The van der Waals surface area contributed by atoms with Crippen molar-refractivity contribution in [3.8, 4) is 6.07 Å². The van der Waals surface area contributed by atoms with Crippen LogP contribution in [0.2, 0.25) is 0 Å². The van der Waals surface area contributed by atoms with Gasteiger partial charge in [-0.2, -0.15) is 5.26 Å². The van der Waals surface area contributed by atoms with E-state index in [0.29, 0.717) is 18.2 Å². The lowest BCUT2D eigenvalue weighted by atomic mass is 10.0. The van der Waals surface area contributed by atoms with Gasteiger partial charge in [0.05, 0.1) is 18.2 Å². The number of nitriles is 1. The first-order chi connectivity index (χ1) is 13.8. The first-order valence-electron chi connectivity index (χ1n) is 10.1. The van der Waals surface area contributed by atoms with Crippen molar-refractivity contribution >= 4 is 29.9 Å². The van der Waals surface area contributed by atoms with Crippen LogP contribution in [0, 0.1) is 11.3 Å². The fourth-order valence-electron chi connectivity index (χ4n) is 3.58. The lowest BCUT2D eigenvalue weighted by Crippen LogP contribution is -2.50. The topological polar surface area (TPSA) is 63.5 Å². The molecule has 1 fully saturated rings. The maximum atomic E-state index is 9.06. The molecule has 1 saturated heterocycles. The zero-order valence-electron chi connectivity index (χ0n) is 17.0. The molecular formula is C23H30IN5. The number of nitrogens with one attached hydrogen (secondary N) is 2. The van der Waals surface area contributed by atoms with Crippen LogP contribution in [-0.2, 0) is 13.1 Å². The molecule has 2 N–H and O–H groups in total. The van der Waals surface area contributed by atoms with Crippen molar-refractivity contribution in [3.05, 3.63) is 71.3 Å². The summed E-state index contributed by atoms with van der Waals surface area (Å²) in [5, 5.41) is 16.0. The molecule has 1 heterocycles. The van der Waals surface area contributed by atoms with Gasteiger partial charge in [-0.05, 0) is 49.6 Å². The maximum absolute atomic E-state index is 9.06. The predicted octanol–water partition coefficient (Wildman–Crippen LogP) is 3.90. The molecule has 29 heavy (non-hydrogen) atoms. The smallest absolute Gasteiger partial charge is 0.191 e. The van der Waals surface area contributed by atoms with Gasteiger partial charge in [0, 0.05) is 25.7 Å². The van der Waals surface area contributed by atoms with Crippen LogP contribution in [0.15, 0.2) is 59.6 Å². The van der Waals surface area contributed by atoms with Crippen molar-refractivity contribution in [1.82, 2.24) is 15.5 Å². The van der Waals surface area contributed by atoms with Gasteiger partial charge in [0.1, 0.15) is 0 Å². The van der Waals surface area contributed by atoms with Gasteiger partial charge < -0.3 is 10.6 Å². The number of halogens is 1. The van der Waals surface area contributed by atoms with Crippen LogP contribution in [0.5, 0.6) is 0 Å². The third kappa shape index (κ3) is 7.67. The molecule has 0 amide bonds. The first-order valence-corrected chi connectivity index (χ1v) is 10.1. The molecule has 0 spiro atoms. The fraction of sp³-hybridized carbons (Fsp3) is 0.391. The summed E-state index contributed by atoms with van der Waals surface area (Å²) in [5.74, 6) is 0.844. The second kappa shape index (κ2) is 12.5. The Kier molecular flexibility index (Phi) is 9.95. The number of guanidine groups is 1. The second-order valence-corrected chi connectivity index (χ2v) is 7.21. The quantitative estimate of drug-likeness (QED) is 0.357. The molecule has 1 unspecified atom stereocenters. The van der Waals surface area contributed by atoms with Crippen LogP contribution >= 0.6 is 24.0 Å². The third-order valence-electron chi connectivity index (χ3n) is 4.92. The first kappa shape index (κ1) is 23.2. The van der Waals surface area contributed by atoms with Crippen molar-refractivity contribution in [2.45, 2.75) is 38.9 Å². The zero-order chi connectivity index (χ0) is 19.6. The monoisotopic (exact) mass is 503 g/mol. The highest BCUT2D eigenvalue weighted by Gasteiger charge is 2.20. The Hall–Kier alpha value is -2.11. The number of aliphatic imine (C=N–C) groups is 1. The molecular weight excluding hydrogens is 473 g/mol. The summed E-state index contributed by atoms with van der Waals surface area (Å²) in [5.41, 5.74) is 3.08. The minimum atomic E-state index is 0. The minimum Gasteiger partial charge on any atom is -0.357 e. The van der Waals surface area contributed by atoms with E-state index in [0.717, 1.165) is 44.1 Å². The number of hydrogen-bond acceptors (Lipinski definition) is 3. The minimum absolute atomic E-state index is 0. The van der Waals surface area contributed by atoms with E-state index in [1.54, 1.807) is 0 Å². The number of piperidine rings is 1. The van der Waals surface area contributed by atoms with Crippen molar-refractivity contribution in [3.63, 3.8) is 0 Å². The van der Waals surface area contributed by atoms with E-state index in [2.05, 4.69) is 58.9 Å². The molecule has 0 aliphatic carbocycles. The second-order valence-electron chi connectivity index (χ2n) is 7.21. The highest BCUT2D eigenvalue weighted by Crippen LogP contribution is 2.14. The molecule has 6 heteroatoms. The van der Waals surface area contributed by atoms with Gasteiger partial charge in [0.15, 0.2) is 5.96 Å². The molecule has 0 radical (unpaired) electrons. The van der Waals surface area contributed by atoms with Gasteiger partial charge in [-0.3, -0.25) is 4.90 Å². The van der Waals surface area contributed by atoms with Crippen LogP contribution in [0.25, 0.3) is 0 Å². The summed E-state index contributed by atoms with van der Waals surface area (Å²) in [6, 6.07) is 20.9. The van der Waals surface area contributed by atoms with E-state index in [4.69, 9.17) is 10.3 Å². The molecule has 1 atom stereocenters. The number of nitrogens with zero attached hydrogens (tertiary/aromatic N) is 3. The average Bonchev–Trinajstić information content (AvgIpc) is 2.73. The predicted molar refractivity (Wildman–Crippen MR) is 129 cm³/mol. The molecule has 3 rings (SSSR count). The van der Waals surface area contributed by atoms with Gasteiger partial charge in [0.25, 0.3) is 0 Å². The molecule has 0 saturated carbocycles. The highest BCUT2D eigenvalue weighted by atomic mass is 127. The average molecular weight is 503 g/mol. The van der Waals surface area contributed by atoms with E-state index >= 15 is 0 Å². The Morgan fingerprint density at radius 1 is 1.17 bits per heavy atom. The summed E-state index contributed by atoms with van der Waals surface area (Å²) in [6.45, 7) is 6.62. The van der Waals surface area contributed by atoms with Crippen LogP contribution in [0.1, 0.15) is 36.5 Å². The summed E-state index contributed by atoms with van der Waals surface area (Å²) in [4.78, 5) is 7.24. The van der Waals surface area contributed by atoms with E-state index in [9.17, 15) is 0 Å². The molecule has 2 aromatic rings. The van der Waals surface area contributed by atoms with E-state index < -0.39 is 0 Å². The summed E-state index contributed by atoms with van der Waals surface area (Å²) in [7, 11) is 0. The number of likely N-dealkylation sites (tertiary alicyclic amines) is 1. The highest BCUT2D eigenvalue weighted by molar-refractivity contribution is 14.0. The largest absolute Gasteiger partial charge is 0.357 e. The van der Waals surface area contributed by atoms with Crippen LogP contribution in [0.4, 0.5) is 0 Å². The van der Waals surface area contributed by atoms with Gasteiger partial charge in [-0.1, -0.05) is 42.5 Å². The summed E-state index contributed by atoms with van der Waals surface area (Å²) < 4.78 is 0. The Labute approximate surface area is 191 Å². The van der Waals surface area contributed by atoms with Crippen molar-refractivity contribution in [2.24, 2.45) is 4.99 Å². The lowest BCUT2D eigenvalue weighted by Gasteiger charge is -2.34. The van der Waals surface area contributed by atoms with E-state index in [1.807, 2.05) is 24.3 Å². The number of benzene rings is 2. The van der Waals surface area contributed by atoms with Gasteiger partial charge in [0.2, 0.25) is 0 Å². The molecule has 0 bridgehead atoms. The summed E-state index contributed by atoms with van der Waals surface area (Å²) >= 11 is 0. The molecule has 1 aliphatic heterocycles. The van der Waals surface area contributed by atoms with Crippen molar-refractivity contribution in [1.29, 1.82) is 5.26 Å². The van der Waals surface area contributed by atoms with Gasteiger partial charge in [-0.25, -0.2) is 4.99 Å². The Balaban J connectivity index is 0.00000300. The van der Waals surface area contributed by atoms with E-state index in [1.165, 1.54) is 12.0 Å². The number of rotatable bonds is 6. The van der Waals surface area contributed by atoms with Gasteiger partial charge in [-0.15, -0.1) is 24.0 Å². The van der Waals surface area contributed by atoms with Gasteiger partial charge >= 0.3 is 0 Å². The fourth-order valence-corrected chi connectivity index (χ4v) is 3.58. The molecule has 1 aliphatic rings. The Morgan fingerprint density at radius 2 is 1.97 bits per heavy atom. The zero-order valence-corrected chi connectivity index (χ0v) is 19.3.